The second-order valence-electron chi connectivity index (χ2n) is 7.13. The van der Waals surface area contributed by atoms with Crippen LogP contribution >= 0.6 is 0 Å². The van der Waals surface area contributed by atoms with Crippen LogP contribution in [0.3, 0.4) is 0 Å². The largest absolute Gasteiger partial charge is 0.507 e. The number of carbonyl (C=O) groups is 2. The van der Waals surface area contributed by atoms with Crippen LogP contribution < -0.4 is 9.47 Å². The molecule has 3 rings (SSSR count). The quantitative estimate of drug-likeness (QED) is 0.280. The van der Waals surface area contributed by atoms with Crippen molar-refractivity contribution in [2.45, 2.75) is 26.3 Å². The van der Waals surface area contributed by atoms with Crippen LogP contribution in [0.1, 0.15) is 37.4 Å². The third-order valence-corrected chi connectivity index (χ3v) is 4.96. The van der Waals surface area contributed by atoms with E-state index in [1.54, 1.807) is 48.5 Å². The van der Waals surface area contributed by atoms with E-state index in [4.69, 9.17) is 9.47 Å². The Morgan fingerprint density at radius 3 is 2.48 bits per heavy atom. The molecule has 0 radical (unpaired) electrons. The molecule has 1 N–H and O–H groups in total. The maximum absolute atomic E-state index is 13.0. The lowest BCUT2D eigenvalue weighted by atomic mass is 9.95. The molecule has 1 unspecified atom stereocenters. The van der Waals surface area contributed by atoms with E-state index in [1.807, 2.05) is 19.9 Å². The first kappa shape index (κ1) is 22.2. The molecule has 0 spiro atoms. The Morgan fingerprint density at radius 2 is 1.81 bits per heavy atom. The molecule has 1 heterocycles. The van der Waals surface area contributed by atoms with Crippen LogP contribution in [0.25, 0.3) is 5.76 Å². The monoisotopic (exact) mass is 421 g/mol. The molecule has 1 fully saturated rings. The minimum absolute atomic E-state index is 0.0629. The SMILES string of the molecule is C=CCOc1cccc(C2/C(=C(/O)c3cccc(OCC)c3)C(=O)C(=O)N2CCC)c1. The fourth-order valence-corrected chi connectivity index (χ4v) is 3.68. The van der Waals surface area contributed by atoms with Crippen LogP contribution in [0.4, 0.5) is 0 Å². The predicted octanol–water partition coefficient (Wildman–Crippen LogP) is 4.48. The number of likely N-dealkylation sites (tertiary alicyclic amines) is 1. The topological polar surface area (TPSA) is 76.1 Å². The number of carbonyl (C=O) groups excluding carboxylic acids is 2. The van der Waals surface area contributed by atoms with Gasteiger partial charge >= 0.3 is 0 Å². The number of aliphatic hydroxyl groups excluding tert-OH is 1. The zero-order valence-electron chi connectivity index (χ0n) is 17.8. The standard InChI is InChI=1S/C25H27NO5/c1-4-13-26-22(17-9-7-12-20(15-17)31-14-5-2)21(24(28)25(26)29)23(27)18-10-8-11-19(16-18)30-6-3/h5,7-12,15-16,22,27H,2,4,6,13-14H2,1,3H3/b23-21-. The van der Waals surface area contributed by atoms with E-state index in [9.17, 15) is 14.7 Å². The van der Waals surface area contributed by atoms with Crippen molar-refractivity contribution in [2.75, 3.05) is 19.8 Å². The number of Topliss-reactive ketones (excluding diaryl/α,β-unsaturated/α-hetero) is 1. The van der Waals surface area contributed by atoms with E-state index < -0.39 is 17.7 Å². The van der Waals surface area contributed by atoms with Crippen molar-refractivity contribution >= 4 is 17.4 Å². The van der Waals surface area contributed by atoms with Crippen LogP contribution in [0, 0.1) is 0 Å². The normalized spacial score (nSPS) is 17.6. The predicted molar refractivity (Wildman–Crippen MR) is 119 cm³/mol. The van der Waals surface area contributed by atoms with E-state index in [0.29, 0.717) is 48.8 Å². The van der Waals surface area contributed by atoms with Crippen molar-refractivity contribution in [3.63, 3.8) is 0 Å². The maximum atomic E-state index is 13.0. The lowest BCUT2D eigenvalue weighted by Crippen LogP contribution is -2.30. The van der Waals surface area contributed by atoms with E-state index in [2.05, 4.69) is 6.58 Å². The minimum Gasteiger partial charge on any atom is -0.507 e. The van der Waals surface area contributed by atoms with Crippen LogP contribution in [-0.4, -0.2) is 41.5 Å². The number of nitrogens with zero attached hydrogens (tertiary/aromatic N) is 1. The van der Waals surface area contributed by atoms with Gasteiger partial charge in [0.15, 0.2) is 0 Å². The molecule has 1 aliphatic rings. The Hall–Kier alpha value is -3.54. The smallest absolute Gasteiger partial charge is 0.295 e. The molecule has 2 aromatic carbocycles. The van der Waals surface area contributed by atoms with Gasteiger partial charge in [-0.15, -0.1) is 0 Å². The van der Waals surface area contributed by atoms with Gasteiger partial charge in [0.1, 0.15) is 23.9 Å². The molecule has 6 nitrogen and oxygen atoms in total. The van der Waals surface area contributed by atoms with Crippen molar-refractivity contribution in [1.29, 1.82) is 0 Å². The average Bonchev–Trinajstić information content (AvgIpc) is 3.03. The Kier molecular flexibility index (Phi) is 7.13. The molecule has 0 aliphatic carbocycles. The number of rotatable bonds is 9. The summed E-state index contributed by atoms with van der Waals surface area (Å²) in [5.41, 5.74) is 1.18. The first-order valence-corrected chi connectivity index (χ1v) is 10.4. The molecule has 1 aliphatic heterocycles. The van der Waals surface area contributed by atoms with Gasteiger partial charge in [-0.1, -0.05) is 43.8 Å². The molecule has 1 amide bonds. The first-order valence-electron chi connectivity index (χ1n) is 10.4. The summed E-state index contributed by atoms with van der Waals surface area (Å²) in [4.78, 5) is 27.3. The van der Waals surface area contributed by atoms with Gasteiger partial charge in [0.2, 0.25) is 0 Å². The molecule has 31 heavy (non-hydrogen) atoms. The second-order valence-corrected chi connectivity index (χ2v) is 7.13. The van der Waals surface area contributed by atoms with E-state index in [0.717, 1.165) is 0 Å². The number of hydrogen-bond acceptors (Lipinski definition) is 5. The summed E-state index contributed by atoms with van der Waals surface area (Å²) in [7, 11) is 0. The summed E-state index contributed by atoms with van der Waals surface area (Å²) in [6.07, 6.45) is 2.32. The van der Waals surface area contributed by atoms with Crippen molar-refractivity contribution in [1.82, 2.24) is 4.90 Å². The highest BCUT2D eigenvalue weighted by Gasteiger charge is 2.45. The summed E-state index contributed by atoms with van der Waals surface area (Å²) in [5.74, 6) is -0.369. The third kappa shape index (κ3) is 4.63. The van der Waals surface area contributed by atoms with Gasteiger partial charge in [-0.05, 0) is 43.2 Å². The lowest BCUT2D eigenvalue weighted by molar-refractivity contribution is -0.139. The summed E-state index contributed by atoms with van der Waals surface area (Å²) in [5, 5.41) is 11.1. The average molecular weight is 421 g/mol. The molecule has 0 bridgehead atoms. The highest BCUT2D eigenvalue weighted by atomic mass is 16.5. The van der Waals surface area contributed by atoms with E-state index >= 15 is 0 Å². The number of hydrogen-bond donors (Lipinski definition) is 1. The molecule has 1 saturated heterocycles. The van der Waals surface area contributed by atoms with E-state index in [-0.39, 0.29) is 11.3 Å². The number of aliphatic hydroxyl groups is 1. The van der Waals surface area contributed by atoms with Gasteiger partial charge < -0.3 is 19.5 Å². The van der Waals surface area contributed by atoms with Crippen molar-refractivity contribution in [3.05, 3.63) is 77.9 Å². The molecule has 0 aromatic heterocycles. The Balaban J connectivity index is 2.13. The number of amides is 1. The molecular formula is C25H27NO5. The molecule has 162 valence electrons. The zero-order chi connectivity index (χ0) is 22.4. The van der Waals surface area contributed by atoms with Gasteiger partial charge in [-0.25, -0.2) is 0 Å². The Bertz CT molecular complexity index is 1010. The zero-order valence-corrected chi connectivity index (χ0v) is 17.8. The summed E-state index contributed by atoms with van der Waals surface area (Å²) in [6.45, 7) is 8.65. The van der Waals surface area contributed by atoms with Crippen molar-refractivity contribution < 1.29 is 24.2 Å². The van der Waals surface area contributed by atoms with Crippen LogP contribution in [0.2, 0.25) is 0 Å². The van der Waals surface area contributed by atoms with Gasteiger partial charge in [0.05, 0.1) is 18.2 Å². The van der Waals surface area contributed by atoms with Crippen LogP contribution in [0.5, 0.6) is 11.5 Å². The second kappa shape index (κ2) is 9.98. The van der Waals surface area contributed by atoms with Crippen LogP contribution in [-0.2, 0) is 9.59 Å². The molecule has 2 aromatic rings. The van der Waals surface area contributed by atoms with Gasteiger partial charge in [0.25, 0.3) is 11.7 Å². The molecule has 0 saturated carbocycles. The molecular weight excluding hydrogens is 394 g/mol. The fourth-order valence-electron chi connectivity index (χ4n) is 3.68. The van der Waals surface area contributed by atoms with Crippen molar-refractivity contribution in [3.8, 4) is 11.5 Å². The van der Waals surface area contributed by atoms with Gasteiger partial charge in [-0.3, -0.25) is 9.59 Å². The summed E-state index contributed by atoms with van der Waals surface area (Å²) < 4.78 is 11.1. The van der Waals surface area contributed by atoms with E-state index in [1.165, 1.54) is 4.90 Å². The summed E-state index contributed by atoms with van der Waals surface area (Å²) >= 11 is 0. The minimum atomic E-state index is -0.706. The first-order chi connectivity index (χ1) is 15.0. The number of benzene rings is 2. The third-order valence-electron chi connectivity index (χ3n) is 4.96. The highest BCUT2D eigenvalue weighted by molar-refractivity contribution is 6.46. The van der Waals surface area contributed by atoms with Gasteiger partial charge in [-0.2, -0.15) is 0 Å². The Labute approximate surface area is 182 Å². The number of ketones is 1. The van der Waals surface area contributed by atoms with Crippen molar-refractivity contribution in [2.24, 2.45) is 0 Å². The molecule has 6 heteroatoms. The van der Waals surface area contributed by atoms with Gasteiger partial charge in [0, 0.05) is 12.1 Å². The summed E-state index contributed by atoms with van der Waals surface area (Å²) in [6, 6.07) is 13.4. The highest BCUT2D eigenvalue weighted by Crippen LogP contribution is 2.40. The Morgan fingerprint density at radius 1 is 1.10 bits per heavy atom. The lowest BCUT2D eigenvalue weighted by Gasteiger charge is -2.25. The van der Waals surface area contributed by atoms with Crippen LogP contribution in [0.15, 0.2) is 66.8 Å². The number of ether oxygens (including phenoxy) is 2. The molecule has 1 atom stereocenters. The maximum Gasteiger partial charge on any atom is 0.295 e. The fraction of sp³-hybridized carbons (Fsp3) is 0.280.